The zero-order chi connectivity index (χ0) is 15.0. The lowest BCUT2D eigenvalue weighted by molar-refractivity contribution is 0.265. The van der Waals surface area contributed by atoms with Crippen molar-refractivity contribution in [2.24, 2.45) is 0 Å². The first-order chi connectivity index (χ1) is 8.63. The van der Waals surface area contributed by atoms with Gasteiger partial charge in [0.25, 0.3) is 0 Å². The standard InChI is InChI=1S/C14H23NO3S/c1-8(7-16)15-19(17,18)14-12(5)10(3)9(2)11(4)13(14)6/h8,15-16H,7H2,1-6H3. The van der Waals surface area contributed by atoms with Gasteiger partial charge in [0.05, 0.1) is 11.5 Å². The van der Waals surface area contributed by atoms with Crippen molar-refractivity contribution >= 4 is 10.0 Å². The maximum Gasteiger partial charge on any atom is 0.241 e. The molecule has 2 N–H and O–H groups in total. The van der Waals surface area contributed by atoms with E-state index in [0.717, 1.165) is 27.8 Å². The van der Waals surface area contributed by atoms with Gasteiger partial charge in [-0.3, -0.25) is 0 Å². The second-order valence-corrected chi connectivity index (χ2v) is 6.81. The van der Waals surface area contributed by atoms with Crippen molar-refractivity contribution in [3.05, 3.63) is 27.8 Å². The topological polar surface area (TPSA) is 66.4 Å². The Morgan fingerprint density at radius 3 is 1.68 bits per heavy atom. The molecule has 1 aromatic carbocycles. The van der Waals surface area contributed by atoms with E-state index in [1.54, 1.807) is 6.92 Å². The predicted molar refractivity (Wildman–Crippen MR) is 77.0 cm³/mol. The van der Waals surface area contributed by atoms with Crippen LogP contribution < -0.4 is 4.72 Å². The number of rotatable bonds is 4. The number of sulfonamides is 1. The lowest BCUT2D eigenvalue weighted by Crippen LogP contribution is -2.36. The molecule has 0 saturated carbocycles. The fourth-order valence-electron chi connectivity index (χ4n) is 2.23. The van der Waals surface area contributed by atoms with E-state index >= 15 is 0 Å². The molecule has 0 bridgehead atoms. The molecule has 19 heavy (non-hydrogen) atoms. The molecule has 0 aliphatic carbocycles. The van der Waals surface area contributed by atoms with Crippen LogP contribution in [0.2, 0.25) is 0 Å². The van der Waals surface area contributed by atoms with Gasteiger partial charge in [0.1, 0.15) is 0 Å². The first-order valence-electron chi connectivity index (χ1n) is 6.33. The number of nitrogens with one attached hydrogen (secondary N) is 1. The average molecular weight is 285 g/mol. The average Bonchev–Trinajstić information content (AvgIpc) is 2.33. The molecule has 1 unspecified atom stereocenters. The molecule has 0 aliphatic rings. The monoisotopic (exact) mass is 285 g/mol. The number of benzene rings is 1. The number of hydrogen-bond donors (Lipinski definition) is 2. The van der Waals surface area contributed by atoms with Crippen LogP contribution in [-0.2, 0) is 10.0 Å². The van der Waals surface area contributed by atoms with Gasteiger partial charge in [0, 0.05) is 6.04 Å². The highest BCUT2D eigenvalue weighted by atomic mass is 32.2. The number of aliphatic hydroxyl groups is 1. The van der Waals surface area contributed by atoms with Crippen LogP contribution in [0.15, 0.2) is 4.90 Å². The Hall–Kier alpha value is -0.910. The van der Waals surface area contributed by atoms with Crippen molar-refractivity contribution in [3.63, 3.8) is 0 Å². The van der Waals surface area contributed by atoms with E-state index in [1.165, 1.54) is 0 Å². The third-order valence-corrected chi connectivity index (χ3v) is 5.69. The maximum atomic E-state index is 12.4. The van der Waals surface area contributed by atoms with Gasteiger partial charge in [-0.1, -0.05) is 0 Å². The molecule has 0 radical (unpaired) electrons. The molecule has 4 nitrogen and oxygen atoms in total. The maximum absolute atomic E-state index is 12.4. The molecule has 0 aliphatic heterocycles. The summed E-state index contributed by atoms with van der Waals surface area (Å²) in [6, 6.07) is -0.495. The summed E-state index contributed by atoms with van der Waals surface area (Å²) in [7, 11) is -3.60. The van der Waals surface area contributed by atoms with Crippen molar-refractivity contribution in [2.45, 2.75) is 52.5 Å². The van der Waals surface area contributed by atoms with Crippen LogP contribution >= 0.6 is 0 Å². The van der Waals surface area contributed by atoms with Crippen LogP contribution in [0.3, 0.4) is 0 Å². The van der Waals surface area contributed by atoms with Gasteiger partial charge in [-0.15, -0.1) is 0 Å². The quantitative estimate of drug-likeness (QED) is 0.888. The first-order valence-corrected chi connectivity index (χ1v) is 7.82. The molecule has 0 amide bonds. The summed E-state index contributed by atoms with van der Waals surface area (Å²) in [4.78, 5) is 0.341. The Morgan fingerprint density at radius 1 is 0.947 bits per heavy atom. The SMILES string of the molecule is Cc1c(C)c(C)c(S(=O)(=O)NC(C)CO)c(C)c1C. The molecular formula is C14H23NO3S. The van der Waals surface area contributed by atoms with Crippen molar-refractivity contribution in [1.82, 2.24) is 4.72 Å². The van der Waals surface area contributed by atoms with Gasteiger partial charge in [-0.2, -0.15) is 0 Å². The molecule has 108 valence electrons. The molecule has 1 rings (SSSR count). The van der Waals surface area contributed by atoms with E-state index in [-0.39, 0.29) is 6.61 Å². The van der Waals surface area contributed by atoms with Gasteiger partial charge in [0.2, 0.25) is 10.0 Å². The highest BCUT2D eigenvalue weighted by Gasteiger charge is 2.24. The van der Waals surface area contributed by atoms with Crippen molar-refractivity contribution in [2.75, 3.05) is 6.61 Å². The summed E-state index contributed by atoms with van der Waals surface area (Å²) in [6.07, 6.45) is 0. The molecule has 0 fully saturated rings. The lowest BCUT2D eigenvalue weighted by atomic mass is 9.95. The van der Waals surface area contributed by atoms with Crippen LogP contribution in [0.5, 0.6) is 0 Å². The van der Waals surface area contributed by atoms with Gasteiger partial charge in [0.15, 0.2) is 0 Å². The van der Waals surface area contributed by atoms with E-state index in [2.05, 4.69) is 4.72 Å². The Balaban J connectivity index is 3.52. The largest absolute Gasteiger partial charge is 0.395 e. The number of hydrogen-bond acceptors (Lipinski definition) is 3. The molecule has 1 atom stereocenters. The summed E-state index contributed by atoms with van der Waals surface area (Å²) in [5, 5.41) is 9.01. The third-order valence-electron chi connectivity index (χ3n) is 3.83. The molecule has 0 saturated heterocycles. The van der Waals surface area contributed by atoms with E-state index in [1.807, 2.05) is 34.6 Å². The van der Waals surface area contributed by atoms with E-state index in [0.29, 0.717) is 4.90 Å². The predicted octanol–water partition coefficient (Wildman–Crippen LogP) is 1.89. The van der Waals surface area contributed by atoms with E-state index < -0.39 is 16.1 Å². The summed E-state index contributed by atoms with van der Waals surface area (Å²) >= 11 is 0. The minimum Gasteiger partial charge on any atom is -0.395 e. The normalized spacial score (nSPS) is 13.6. The van der Waals surface area contributed by atoms with Crippen molar-refractivity contribution in [3.8, 4) is 0 Å². The zero-order valence-corrected chi connectivity index (χ0v) is 13.3. The van der Waals surface area contributed by atoms with Crippen LogP contribution in [0.4, 0.5) is 0 Å². The molecule has 0 spiro atoms. The summed E-state index contributed by atoms with van der Waals surface area (Å²) < 4.78 is 27.4. The molecule has 1 aromatic rings. The van der Waals surface area contributed by atoms with E-state index in [9.17, 15) is 8.42 Å². The minimum atomic E-state index is -3.60. The number of aliphatic hydroxyl groups excluding tert-OH is 1. The van der Waals surface area contributed by atoms with Gasteiger partial charge in [-0.25, -0.2) is 13.1 Å². The molecule has 5 heteroatoms. The van der Waals surface area contributed by atoms with Gasteiger partial charge in [-0.05, 0) is 69.4 Å². The van der Waals surface area contributed by atoms with Gasteiger partial charge < -0.3 is 5.11 Å². The van der Waals surface area contributed by atoms with Gasteiger partial charge >= 0.3 is 0 Å². The second kappa shape index (κ2) is 5.61. The highest BCUT2D eigenvalue weighted by Crippen LogP contribution is 2.29. The fourth-order valence-corrected chi connectivity index (χ4v) is 4.06. The van der Waals surface area contributed by atoms with E-state index in [4.69, 9.17) is 5.11 Å². The Labute approximate surface area is 115 Å². The third kappa shape index (κ3) is 2.99. The minimum absolute atomic E-state index is 0.221. The smallest absolute Gasteiger partial charge is 0.241 e. The van der Waals surface area contributed by atoms with Crippen molar-refractivity contribution < 1.29 is 13.5 Å². The molecule has 0 heterocycles. The van der Waals surface area contributed by atoms with Crippen LogP contribution in [0.1, 0.15) is 34.7 Å². The highest BCUT2D eigenvalue weighted by molar-refractivity contribution is 7.89. The first kappa shape index (κ1) is 16.1. The summed E-state index contributed by atoms with van der Waals surface area (Å²) in [6.45, 7) is 10.9. The van der Waals surface area contributed by atoms with Crippen LogP contribution in [-0.4, -0.2) is 26.2 Å². The lowest BCUT2D eigenvalue weighted by Gasteiger charge is -2.20. The molecular weight excluding hydrogens is 262 g/mol. The summed E-state index contributed by atoms with van der Waals surface area (Å²) in [5.41, 5.74) is 4.68. The second-order valence-electron chi connectivity index (χ2n) is 5.16. The fraction of sp³-hybridized carbons (Fsp3) is 0.571. The van der Waals surface area contributed by atoms with Crippen molar-refractivity contribution in [1.29, 1.82) is 0 Å². The van der Waals surface area contributed by atoms with Crippen LogP contribution in [0.25, 0.3) is 0 Å². The summed E-state index contributed by atoms with van der Waals surface area (Å²) in [5.74, 6) is 0. The molecule has 0 aromatic heterocycles. The Kier molecular flexibility index (Phi) is 4.76. The van der Waals surface area contributed by atoms with Crippen LogP contribution in [0, 0.1) is 34.6 Å². The Bertz CT molecular complexity index is 562. The Morgan fingerprint density at radius 2 is 1.32 bits per heavy atom. The zero-order valence-electron chi connectivity index (χ0n) is 12.5.